The molecule has 0 aliphatic heterocycles. The Kier molecular flexibility index (Phi) is 10.1. The van der Waals surface area contributed by atoms with E-state index in [4.69, 9.17) is 9.47 Å². The summed E-state index contributed by atoms with van der Waals surface area (Å²) in [6.45, 7) is -0.0435. The number of aromatic nitrogens is 1. The van der Waals surface area contributed by atoms with E-state index in [1.54, 1.807) is 36.2 Å². The van der Waals surface area contributed by atoms with Crippen LogP contribution in [0.1, 0.15) is 49.1 Å². The first kappa shape index (κ1) is 34.8. The van der Waals surface area contributed by atoms with E-state index in [9.17, 15) is 35.9 Å². The van der Waals surface area contributed by atoms with Crippen molar-refractivity contribution < 1.29 is 45.4 Å². The van der Waals surface area contributed by atoms with Gasteiger partial charge in [0.2, 0.25) is 34.8 Å². The Bertz CT molecular complexity index is 2170. The van der Waals surface area contributed by atoms with Gasteiger partial charge in [0.25, 0.3) is 0 Å². The number of pyridine rings is 1. The topological polar surface area (TPSA) is 68.7 Å². The predicted molar refractivity (Wildman–Crippen MR) is 175 cm³/mol. The number of benzene rings is 5. The van der Waals surface area contributed by atoms with Crippen molar-refractivity contribution in [1.29, 1.82) is 0 Å². The van der Waals surface area contributed by atoms with Gasteiger partial charge in [-0.25, -0.2) is 22.4 Å². The zero-order chi connectivity index (χ0) is 36.2. The fraction of sp³-hybridized carbons (Fsp3) is 0.103. The van der Waals surface area contributed by atoms with Crippen LogP contribution < -0.4 is 9.47 Å². The Labute approximate surface area is 287 Å². The first-order valence-electron chi connectivity index (χ1n) is 15.4. The lowest BCUT2D eigenvalue weighted by Crippen LogP contribution is -2.24. The molecule has 0 saturated heterocycles. The monoisotopic (exact) mass is 700 g/mol. The lowest BCUT2D eigenvalue weighted by molar-refractivity contribution is 0.0716. The number of carbonyl (C=O) groups is 2. The van der Waals surface area contributed by atoms with Gasteiger partial charge in [0.05, 0.1) is 11.1 Å². The second-order valence-corrected chi connectivity index (χ2v) is 11.5. The minimum absolute atomic E-state index is 0.00275. The summed E-state index contributed by atoms with van der Waals surface area (Å²) in [7, 11) is 1.63. The van der Waals surface area contributed by atoms with Gasteiger partial charge in [-0.3, -0.25) is 14.7 Å². The van der Waals surface area contributed by atoms with Gasteiger partial charge in [-0.2, -0.15) is 8.78 Å². The number of rotatable bonds is 11. The van der Waals surface area contributed by atoms with Gasteiger partial charge in [-0.1, -0.05) is 78.9 Å². The van der Waals surface area contributed by atoms with Gasteiger partial charge in [-0.15, -0.1) is 0 Å². The van der Waals surface area contributed by atoms with Crippen molar-refractivity contribution >= 4 is 23.2 Å². The quantitative estimate of drug-likeness (QED) is 0.0336. The summed E-state index contributed by atoms with van der Waals surface area (Å²) in [5, 5.41) is -0.00275. The van der Waals surface area contributed by atoms with E-state index in [-0.39, 0.29) is 40.9 Å². The van der Waals surface area contributed by atoms with Gasteiger partial charge < -0.3 is 9.47 Å². The van der Waals surface area contributed by atoms with Crippen molar-refractivity contribution in [1.82, 2.24) is 9.88 Å². The molecule has 0 aliphatic carbocycles. The third kappa shape index (κ3) is 7.04. The van der Waals surface area contributed by atoms with Crippen LogP contribution in [-0.4, -0.2) is 29.2 Å². The number of nitrogens with zero attached hydrogens (tertiary/aromatic N) is 2. The van der Waals surface area contributed by atoms with Crippen molar-refractivity contribution in [2.24, 2.45) is 0 Å². The average Bonchev–Trinajstić information content (AvgIpc) is 3.15. The zero-order valence-corrected chi connectivity index (χ0v) is 26.7. The number of hydrogen-bond donors (Lipinski definition) is 0. The maximum Gasteiger partial charge on any atom is 0.344 e. The Morgan fingerprint density at radius 2 is 1.29 bits per heavy atom. The summed E-state index contributed by atoms with van der Waals surface area (Å²) in [5.41, 5.74) is 1.37. The third-order valence-corrected chi connectivity index (χ3v) is 8.08. The molecule has 0 saturated carbocycles. The zero-order valence-electron chi connectivity index (χ0n) is 26.7. The summed E-state index contributed by atoms with van der Waals surface area (Å²) in [5.74, 6) is -15.6. The fourth-order valence-electron chi connectivity index (χ4n) is 5.74. The lowest BCUT2D eigenvalue weighted by Gasteiger charge is -2.26. The molecule has 1 aromatic heterocycles. The molecule has 0 aliphatic rings. The number of halogens is 6. The third-order valence-electron chi connectivity index (χ3n) is 8.08. The van der Waals surface area contributed by atoms with Gasteiger partial charge in [0.15, 0.2) is 12.0 Å². The first-order valence-corrected chi connectivity index (χ1v) is 15.4. The van der Waals surface area contributed by atoms with Gasteiger partial charge in [0, 0.05) is 24.7 Å². The summed E-state index contributed by atoms with van der Waals surface area (Å²) in [6, 6.07) is 26.6. The highest BCUT2D eigenvalue weighted by atomic mass is 19.2. The molecule has 0 atom stereocenters. The molecule has 0 N–H and O–H groups in total. The molecule has 0 bridgehead atoms. The molecular weight excluding hydrogens is 674 g/mol. The molecule has 0 fully saturated rings. The fourth-order valence-corrected chi connectivity index (χ4v) is 5.74. The highest BCUT2D eigenvalue weighted by Crippen LogP contribution is 2.40. The molecular formula is C39H26F6N2O4. The van der Waals surface area contributed by atoms with Gasteiger partial charge in [-0.05, 0) is 47.5 Å². The minimum Gasteiger partial charge on any atom is -0.478 e. The minimum atomic E-state index is -2.43. The smallest absolute Gasteiger partial charge is 0.344 e. The highest BCUT2D eigenvalue weighted by Gasteiger charge is 2.33. The van der Waals surface area contributed by atoms with Crippen LogP contribution in [0.15, 0.2) is 103 Å². The van der Waals surface area contributed by atoms with Crippen LogP contribution in [0, 0.1) is 34.9 Å². The summed E-state index contributed by atoms with van der Waals surface area (Å²) in [6.07, 6.45) is 0.989. The lowest BCUT2D eigenvalue weighted by atomic mass is 9.94. The van der Waals surface area contributed by atoms with Gasteiger partial charge >= 0.3 is 5.97 Å². The van der Waals surface area contributed by atoms with Crippen molar-refractivity contribution in [3.63, 3.8) is 0 Å². The summed E-state index contributed by atoms with van der Waals surface area (Å²) < 4.78 is 96.7. The molecule has 0 unspecified atom stereocenters. The van der Waals surface area contributed by atoms with E-state index in [1.807, 2.05) is 36.4 Å². The van der Waals surface area contributed by atoms with Crippen molar-refractivity contribution in [2.75, 3.05) is 7.05 Å². The molecule has 12 heteroatoms. The molecule has 258 valence electrons. The number of aldehydes is 1. The van der Waals surface area contributed by atoms with E-state index in [0.717, 1.165) is 0 Å². The second kappa shape index (κ2) is 14.9. The Balaban J connectivity index is 1.56. The molecule has 5 aromatic carbocycles. The molecule has 0 amide bonds. The van der Waals surface area contributed by atoms with Gasteiger partial charge in [0.1, 0.15) is 17.4 Å². The summed E-state index contributed by atoms with van der Waals surface area (Å²) >= 11 is 0. The van der Waals surface area contributed by atoms with Crippen LogP contribution in [0.25, 0.3) is 10.9 Å². The number of ether oxygens (including phenoxy) is 2. The van der Waals surface area contributed by atoms with Crippen LogP contribution in [0.3, 0.4) is 0 Å². The average molecular weight is 701 g/mol. The van der Waals surface area contributed by atoms with Crippen molar-refractivity contribution in [2.45, 2.75) is 19.2 Å². The van der Waals surface area contributed by atoms with Crippen molar-refractivity contribution in [3.8, 4) is 11.5 Å². The molecule has 51 heavy (non-hydrogen) atoms. The van der Waals surface area contributed by atoms with E-state index >= 15 is 0 Å². The molecule has 6 aromatic rings. The maximum absolute atomic E-state index is 14.7. The molecule has 6 nitrogen and oxygen atoms in total. The molecule has 0 radical (unpaired) electrons. The Morgan fingerprint density at radius 1 is 0.725 bits per heavy atom. The number of carbonyl (C=O) groups excluding carboxylic acids is 2. The van der Waals surface area contributed by atoms with Crippen molar-refractivity contribution in [3.05, 3.63) is 172 Å². The van der Waals surface area contributed by atoms with E-state index in [1.165, 1.54) is 42.6 Å². The van der Waals surface area contributed by atoms with Crippen LogP contribution in [0.5, 0.6) is 11.5 Å². The molecule has 6 rings (SSSR count). The van der Waals surface area contributed by atoms with E-state index in [0.29, 0.717) is 23.0 Å². The van der Waals surface area contributed by atoms with Crippen LogP contribution >= 0.6 is 0 Å². The molecule has 0 spiro atoms. The van der Waals surface area contributed by atoms with Crippen LogP contribution in [-0.2, 0) is 13.1 Å². The van der Waals surface area contributed by atoms with Crippen LogP contribution in [0.4, 0.5) is 26.3 Å². The number of hydrogen-bond acceptors (Lipinski definition) is 6. The largest absolute Gasteiger partial charge is 0.478 e. The highest BCUT2D eigenvalue weighted by molar-refractivity contribution is 6.10. The van der Waals surface area contributed by atoms with E-state index < -0.39 is 58.3 Å². The SMILES string of the molecule is CN(Cc1ccc(F)cc1)Cc1c(C=O)c(OC(c2ccccc2)c2ccccc2)c2ncccc2c1C(=O)Oc1c(F)c(F)c(F)c(F)c1F. The van der Waals surface area contributed by atoms with Crippen LogP contribution in [0.2, 0.25) is 0 Å². The first-order chi connectivity index (χ1) is 24.6. The Hall–Kier alpha value is -6.01. The molecule has 1 heterocycles. The maximum atomic E-state index is 14.7. The van der Waals surface area contributed by atoms with E-state index in [2.05, 4.69) is 4.98 Å². The standard InChI is InChI=1S/C39H26F6N2O4/c1-47(19-22-14-16-25(40)17-15-22)20-27-28(21-48)37(50-36(23-9-4-2-5-10-23)24-11-6-3-7-12-24)35-26(13-8-18-46-35)29(27)39(49)51-38-33(44)31(42)30(41)32(43)34(38)45/h2-18,21,36H,19-20H2,1H3. The normalized spacial score (nSPS) is 11.3. The number of fused-ring (bicyclic) bond motifs is 1. The Morgan fingerprint density at radius 3 is 1.86 bits per heavy atom. The predicted octanol–water partition coefficient (Wildman–Crippen LogP) is 8.90. The summed E-state index contributed by atoms with van der Waals surface area (Å²) in [4.78, 5) is 33.1. The number of esters is 1. The second-order valence-electron chi connectivity index (χ2n) is 11.5.